The van der Waals surface area contributed by atoms with Crippen molar-refractivity contribution in [3.63, 3.8) is 0 Å². The van der Waals surface area contributed by atoms with Crippen molar-refractivity contribution >= 4 is 49.9 Å². The predicted octanol–water partition coefficient (Wildman–Crippen LogP) is 2.00. The number of amides is 1. The minimum Gasteiger partial charge on any atom is -0.505 e. The molecule has 0 spiro atoms. The highest BCUT2D eigenvalue weighted by Crippen LogP contribution is 2.36. The molecule has 3 rings (SSSR count). The number of Topliss-reactive ketones (excluding diaryl/α,β-unsaturated/α-hetero) is 1. The van der Waals surface area contributed by atoms with Gasteiger partial charge in [-0.05, 0) is 19.1 Å². The maximum absolute atomic E-state index is 12.8. The highest BCUT2D eigenvalue weighted by molar-refractivity contribution is 7.89. The van der Waals surface area contributed by atoms with Crippen molar-refractivity contribution in [1.29, 1.82) is 0 Å². The third-order valence-electron chi connectivity index (χ3n) is 4.36. The number of sulfonamides is 1. The van der Waals surface area contributed by atoms with Crippen molar-refractivity contribution < 1.29 is 33.0 Å². The summed E-state index contributed by atoms with van der Waals surface area (Å²) in [6, 6.07) is 3.52. The minimum absolute atomic E-state index is 0.0246. The minimum atomic E-state index is -4.17. The third-order valence-corrected chi connectivity index (χ3v) is 7.00. The van der Waals surface area contributed by atoms with Crippen LogP contribution in [0, 0.1) is 6.92 Å². The maximum Gasteiger partial charge on any atom is 0.303 e. The van der Waals surface area contributed by atoms with E-state index < -0.39 is 39.1 Å². The standard InChI is InChI=1S/C18H17N3O7S2/c1-9-8-19-18(29-9)20-17(26)15-16(25)11-7-10(12(22)4-6-14(23)24)3-5-13(11)30(27,28)21(15)2/h3,5,7-8,25H,4,6H2,1-2H3,(H,23,24)(H,19,20,26). The summed E-state index contributed by atoms with van der Waals surface area (Å²) in [4.78, 5) is 40.1. The molecule has 158 valence electrons. The van der Waals surface area contributed by atoms with Crippen molar-refractivity contribution in [2.24, 2.45) is 0 Å². The van der Waals surface area contributed by atoms with E-state index in [1.54, 1.807) is 6.92 Å². The number of likely N-dealkylation sites (N-methyl/N-ethyl adjacent to an activating group) is 1. The lowest BCUT2D eigenvalue weighted by Crippen LogP contribution is -2.37. The van der Waals surface area contributed by atoms with Crippen LogP contribution in [0.3, 0.4) is 0 Å². The van der Waals surface area contributed by atoms with Gasteiger partial charge in [0.15, 0.2) is 22.4 Å². The molecule has 1 amide bonds. The first-order chi connectivity index (χ1) is 14.0. The Hall–Kier alpha value is -3.25. The summed E-state index contributed by atoms with van der Waals surface area (Å²) < 4.78 is 26.3. The Balaban J connectivity index is 2.04. The first-order valence-corrected chi connectivity index (χ1v) is 10.8. The Labute approximate surface area is 175 Å². The second-order valence-corrected chi connectivity index (χ2v) is 9.60. The largest absolute Gasteiger partial charge is 0.505 e. The number of ketones is 1. The lowest BCUT2D eigenvalue weighted by molar-refractivity contribution is -0.137. The van der Waals surface area contributed by atoms with Gasteiger partial charge in [0.1, 0.15) is 0 Å². The van der Waals surface area contributed by atoms with E-state index >= 15 is 0 Å². The lowest BCUT2D eigenvalue weighted by Gasteiger charge is -2.28. The number of aliphatic hydroxyl groups excluding tert-OH is 1. The molecule has 2 aromatic rings. The van der Waals surface area contributed by atoms with Crippen LogP contribution in [0.2, 0.25) is 0 Å². The van der Waals surface area contributed by atoms with Crippen molar-refractivity contribution in [3.05, 3.63) is 46.1 Å². The fourth-order valence-electron chi connectivity index (χ4n) is 2.84. The molecule has 0 bridgehead atoms. The van der Waals surface area contributed by atoms with E-state index in [1.165, 1.54) is 23.6 Å². The topological polar surface area (TPSA) is 154 Å². The van der Waals surface area contributed by atoms with Crippen LogP contribution in [-0.2, 0) is 19.6 Å². The molecule has 0 aliphatic carbocycles. The Bertz CT molecular complexity index is 1200. The van der Waals surface area contributed by atoms with E-state index in [4.69, 9.17) is 5.11 Å². The summed E-state index contributed by atoms with van der Waals surface area (Å²) in [5.74, 6) is -3.19. The quantitative estimate of drug-likeness (QED) is 0.564. The number of aryl methyl sites for hydroxylation is 1. The predicted molar refractivity (Wildman–Crippen MR) is 108 cm³/mol. The molecule has 0 radical (unpaired) electrons. The number of carboxylic acids is 1. The number of hydrogen-bond donors (Lipinski definition) is 3. The van der Waals surface area contributed by atoms with Crippen LogP contribution in [0.5, 0.6) is 0 Å². The first-order valence-electron chi connectivity index (χ1n) is 8.57. The Kier molecular flexibility index (Phi) is 5.63. The smallest absolute Gasteiger partial charge is 0.303 e. The number of carbonyl (C=O) groups excluding carboxylic acids is 2. The molecule has 30 heavy (non-hydrogen) atoms. The van der Waals surface area contributed by atoms with Crippen LogP contribution in [0.25, 0.3) is 5.76 Å². The molecule has 2 heterocycles. The molecular weight excluding hydrogens is 434 g/mol. The number of carbonyl (C=O) groups is 3. The van der Waals surface area contributed by atoms with Gasteiger partial charge in [-0.3, -0.25) is 24.0 Å². The molecule has 1 aliphatic heterocycles. The number of thiazole rings is 1. The second kappa shape index (κ2) is 7.88. The fourth-order valence-corrected chi connectivity index (χ4v) is 4.88. The van der Waals surface area contributed by atoms with Gasteiger partial charge in [-0.15, -0.1) is 11.3 Å². The highest BCUT2D eigenvalue weighted by Gasteiger charge is 2.38. The number of aliphatic hydroxyl groups is 1. The van der Waals surface area contributed by atoms with Crippen molar-refractivity contribution in [2.75, 3.05) is 12.4 Å². The van der Waals surface area contributed by atoms with Gasteiger partial charge >= 0.3 is 5.97 Å². The van der Waals surface area contributed by atoms with E-state index in [-0.39, 0.29) is 34.0 Å². The van der Waals surface area contributed by atoms with Crippen LogP contribution in [0.4, 0.5) is 5.13 Å². The molecule has 3 N–H and O–H groups in total. The van der Waals surface area contributed by atoms with Gasteiger partial charge < -0.3 is 10.2 Å². The molecule has 0 atom stereocenters. The summed E-state index contributed by atoms with van der Waals surface area (Å²) in [6.45, 7) is 1.78. The summed E-state index contributed by atoms with van der Waals surface area (Å²) in [5.41, 5.74) is -0.711. The van der Waals surface area contributed by atoms with Crippen LogP contribution >= 0.6 is 11.3 Å². The van der Waals surface area contributed by atoms with Gasteiger partial charge in [0, 0.05) is 35.7 Å². The van der Waals surface area contributed by atoms with Crippen LogP contribution < -0.4 is 5.32 Å². The second-order valence-electron chi connectivity index (χ2n) is 6.43. The number of nitrogens with zero attached hydrogens (tertiary/aromatic N) is 2. The number of benzene rings is 1. The van der Waals surface area contributed by atoms with E-state index in [0.29, 0.717) is 4.31 Å². The Morgan fingerprint density at radius 3 is 2.53 bits per heavy atom. The number of aromatic nitrogens is 1. The summed E-state index contributed by atoms with van der Waals surface area (Å²) in [6.07, 6.45) is 0.849. The number of carboxylic acid groups (broad SMARTS) is 1. The maximum atomic E-state index is 12.8. The monoisotopic (exact) mass is 451 g/mol. The van der Waals surface area contributed by atoms with Gasteiger partial charge in [-0.1, -0.05) is 6.07 Å². The fraction of sp³-hybridized carbons (Fsp3) is 0.222. The van der Waals surface area contributed by atoms with Crippen molar-refractivity contribution in [2.45, 2.75) is 24.7 Å². The number of nitrogens with one attached hydrogen (secondary N) is 1. The van der Waals surface area contributed by atoms with Gasteiger partial charge in [-0.25, -0.2) is 13.4 Å². The molecule has 0 saturated heterocycles. The van der Waals surface area contributed by atoms with E-state index in [1.807, 2.05) is 0 Å². The molecule has 12 heteroatoms. The van der Waals surface area contributed by atoms with Gasteiger partial charge in [0.25, 0.3) is 15.9 Å². The van der Waals surface area contributed by atoms with Gasteiger partial charge in [-0.2, -0.15) is 0 Å². The molecule has 1 aromatic carbocycles. The number of hydrogen-bond acceptors (Lipinski definition) is 8. The molecule has 0 saturated carbocycles. The average molecular weight is 451 g/mol. The van der Waals surface area contributed by atoms with E-state index in [2.05, 4.69) is 10.3 Å². The average Bonchev–Trinajstić information content (AvgIpc) is 3.09. The lowest BCUT2D eigenvalue weighted by atomic mass is 10.0. The molecule has 0 unspecified atom stereocenters. The van der Waals surface area contributed by atoms with Crippen molar-refractivity contribution in [1.82, 2.24) is 9.29 Å². The number of anilines is 1. The number of aliphatic carboxylic acids is 1. The molecule has 10 nitrogen and oxygen atoms in total. The summed E-state index contributed by atoms with van der Waals surface area (Å²) in [5, 5.41) is 22.1. The summed E-state index contributed by atoms with van der Waals surface area (Å²) in [7, 11) is -3.04. The zero-order valence-electron chi connectivity index (χ0n) is 15.9. The molecular formula is C18H17N3O7S2. The first kappa shape index (κ1) is 21.5. The number of rotatable bonds is 6. The normalized spacial score (nSPS) is 14.9. The third kappa shape index (κ3) is 3.91. The zero-order chi connectivity index (χ0) is 22.2. The summed E-state index contributed by atoms with van der Waals surface area (Å²) >= 11 is 1.17. The van der Waals surface area contributed by atoms with E-state index in [0.717, 1.165) is 24.1 Å². The van der Waals surface area contributed by atoms with Crippen LogP contribution in [0.1, 0.15) is 33.6 Å². The van der Waals surface area contributed by atoms with Crippen LogP contribution in [-0.4, -0.2) is 52.6 Å². The Morgan fingerprint density at radius 2 is 1.93 bits per heavy atom. The number of fused-ring (bicyclic) bond motifs is 1. The Morgan fingerprint density at radius 1 is 1.23 bits per heavy atom. The highest BCUT2D eigenvalue weighted by atomic mass is 32.2. The van der Waals surface area contributed by atoms with Crippen LogP contribution in [0.15, 0.2) is 35.0 Å². The van der Waals surface area contributed by atoms with E-state index in [9.17, 15) is 27.9 Å². The zero-order valence-corrected chi connectivity index (χ0v) is 17.5. The molecule has 1 aliphatic rings. The SMILES string of the molecule is Cc1cnc(NC(=O)C2=C(O)c3cc(C(=O)CCC(=O)O)ccc3S(=O)(=O)N2C)s1. The van der Waals surface area contributed by atoms with Gasteiger partial charge in [0.05, 0.1) is 11.3 Å². The van der Waals surface area contributed by atoms with Gasteiger partial charge in [0.2, 0.25) is 0 Å². The van der Waals surface area contributed by atoms with Crippen molar-refractivity contribution in [3.8, 4) is 0 Å². The molecule has 0 fully saturated rings. The molecule has 1 aromatic heterocycles.